The van der Waals surface area contributed by atoms with Gasteiger partial charge in [0.05, 0.1) is 24.5 Å². The third-order valence-corrected chi connectivity index (χ3v) is 2.66. The molecule has 1 saturated heterocycles. The van der Waals surface area contributed by atoms with Gasteiger partial charge in [-0.15, -0.1) is 0 Å². The number of anilines is 2. The first-order valence-electron chi connectivity index (χ1n) is 5.52. The van der Waals surface area contributed by atoms with Crippen molar-refractivity contribution in [2.24, 2.45) is 0 Å². The first-order chi connectivity index (χ1) is 8.15. The number of nitrogen functional groups attached to an aromatic ring is 1. The third kappa shape index (κ3) is 3.07. The van der Waals surface area contributed by atoms with Crippen molar-refractivity contribution in [2.75, 3.05) is 24.3 Å². The molecule has 1 aliphatic rings. The maximum absolute atomic E-state index is 11.6. The highest BCUT2D eigenvalue weighted by atomic mass is 16.5. The smallest absolute Gasteiger partial charge is 0.320 e. The highest BCUT2D eigenvalue weighted by Gasteiger charge is 2.17. The molecule has 4 N–H and O–H groups in total. The predicted molar refractivity (Wildman–Crippen MR) is 64.8 cm³/mol. The van der Waals surface area contributed by atoms with Crippen molar-refractivity contribution in [1.29, 1.82) is 0 Å². The molecular weight excluding hydrogens is 220 g/mol. The third-order valence-electron chi connectivity index (χ3n) is 2.66. The average Bonchev–Trinajstić information content (AvgIpc) is 2.76. The number of urea groups is 1. The standard InChI is InChI=1S/C11H16N4O2/c1-7-4-10(13-5-9(7)12)15-11(16)14-8-2-3-17-6-8/h4-5,8H,2-3,6,12H2,1H3,(H2,13,14,15,16). The quantitative estimate of drug-likeness (QED) is 0.711. The van der Waals surface area contributed by atoms with Gasteiger partial charge in [0.15, 0.2) is 0 Å². The summed E-state index contributed by atoms with van der Waals surface area (Å²) in [5.41, 5.74) is 7.14. The van der Waals surface area contributed by atoms with E-state index in [-0.39, 0.29) is 12.1 Å². The van der Waals surface area contributed by atoms with Crippen molar-refractivity contribution in [1.82, 2.24) is 10.3 Å². The number of nitrogens with zero attached hydrogens (tertiary/aromatic N) is 1. The van der Waals surface area contributed by atoms with Gasteiger partial charge in [0.2, 0.25) is 0 Å². The molecule has 6 nitrogen and oxygen atoms in total. The van der Waals surface area contributed by atoms with Gasteiger partial charge in [-0.2, -0.15) is 0 Å². The van der Waals surface area contributed by atoms with E-state index >= 15 is 0 Å². The molecule has 2 rings (SSSR count). The molecule has 0 aliphatic carbocycles. The van der Waals surface area contributed by atoms with E-state index in [1.54, 1.807) is 6.07 Å². The van der Waals surface area contributed by atoms with Crippen molar-refractivity contribution in [2.45, 2.75) is 19.4 Å². The predicted octanol–water partition coefficient (Wildman–Crippen LogP) is 0.883. The molecule has 1 aliphatic heterocycles. The van der Waals surface area contributed by atoms with Crippen molar-refractivity contribution in [3.63, 3.8) is 0 Å². The molecule has 1 aromatic heterocycles. The zero-order chi connectivity index (χ0) is 12.3. The van der Waals surface area contributed by atoms with Crippen LogP contribution in [0.1, 0.15) is 12.0 Å². The molecule has 0 aromatic carbocycles. The SMILES string of the molecule is Cc1cc(NC(=O)NC2CCOC2)ncc1N. The van der Waals surface area contributed by atoms with Gasteiger partial charge in [0.25, 0.3) is 0 Å². The summed E-state index contributed by atoms with van der Waals surface area (Å²) in [4.78, 5) is 15.6. The fourth-order valence-electron chi connectivity index (χ4n) is 1.62. The number of hydrogen-bond donors (Lipinski definition) is 3. The molecule has 2 heterocycles. The number of aromatic nitrogens is 1. The zero-order valence-corrected chi connectivity index (χ0v) is 9.69. The Labute approximate surface area is 99.5 Å². The average molecular weight is 236 g/mol. The highest BCUT2D eigenvalue weighted by molar-refractivity contribution is 5.88. The molecule has 0 saturated carbocycles. The van der Waals surface area contributed by atoms with E-state index in [4.69, 9.17) is 10.5 Å². The van der Waals surface area contributed by atoms with Gasteiger partial charge in [-0.05, 0) is 25.0 Å². The highest BCUT2D eigenvalue weighted by Crippen LogP contribution is 2.13. The number of aryl methyl sites for hydroxylation is 1. The molecule has 6 heteroatoms. The molecule has 1 aromatic rings. The number of nitrogens with two attached hydrogens (primary N) is 1. The minimum atomic E-state index is -0.267. The molecule has 0 radical (unpaired) electrons. The molecule has 2 amide bonds. The maximum atomic E-state index is 11.6. The number of carbonyl (C=O) groups is 1. The van der Waals surface area contributed by atoms with E-state index in [9.17, 15) is 4.79 Å². The van der Waals surface area contributed by atoms with Gasteiger partial charge in [-0.3, -0.25) is 5.32 Å². The molecule has 92 valence electrons. The van der Waals surface area contributed by atoms with Crippen LogP contribution in [0.2, 0.25) is 0 Å². The van der Waals surface area contributed by atoms with Crippen LogP contribution < -0.4 is 16.4 Å². The largest absolute Gasteiger partial charge is 0.397 e. The van der Waals surface area contributed by atoms with Crippen LogP contribution in [-0.4, -0.2) is 30.3 Å². The van der Waals surface area contributed by atoms with Crippen LogP contribution in [0.4, 0.5) is 16.3 Å². The minimum Gasteiger partial charge on any atom is -0.397 e. The van der Waals surface area contributed by atoms with Crippen LogP contribution in [0.15, 0.2) is 12.3 Å². The molecule has 0 spiro atoms. The van der Waals surface area contributed by atoms with Crippen LogP contribution in [-0.2, 0) is 4.74 Å². The second kappa shape index (κ2) is 5.01. The summed E-state index contributed by atoms with van der Waals surface area (Å²) in [6.45, 7) is 3.14. The number of pyridine rings is 1. The van der Waals surface area contributed by atoms with Crippen LogP contribution in [0.25, 0.3) is 0 Å². The fourth-order valence-corrected chi connectivity index (χ4v) is 1.62. The van der Waals surface area contributed by atoms with Crippen LogP contribution in [0, 0.1) is 6.92 Å². The van der Waals surface area contributed by atoms with E-state index in [1.165, 1.54) is 6.20 Å². The lowest BCUT2D eigenvalue weighted by molar-refractivity contribution is 0.189. The first kappa shape index (κ1) is 11.7. The monoisotopic (exact) mass is 236 g/mol. The number of ether oxygens (including phenoxy) is 1. The van der Waals surface area contributed by atoms with Crippen molar-refractivity contribution in [3.8, 4) is 0 Å². The van der Waals surface area contributed by atoms with Crippen LogP contribution >= 0.6 is 0 Å². The summed E-state index contributed by atoms with van der Waals surface area (Å²) in [6, 6.07) is 1.56. The van der Waals surface area contributed by atoms with Crippen molar-refractivity contribution in [3.05, 3.63) is 17.8 Å². The van der Waals surface area contributed by atoms with E-state index < -0.39 is 0 Å². The maximum Gasteiger partial charge on any atom is 0.320 e. The zero-order valence-electron chi connectivity index (χ0n) is 9.69. The summed E-state index contributed by atoms with van der Waals surface area (Å²) < 4.78 is 5.17. The second-order valence-corrected chi connectivity index (χ2v) is 4.09. The number of carbonyl (C=O) groups excluding carboxylic acids is 1. The summed E-state index contributed by atoms with van der Waals surface area (Å²) >= 11 is 0. The van der Waals surface area contributed by atoms with Gasteiger partial charge in [-0.1, -0.05) is 0 Å². The molecule has 1 fully saturated rings. The number of nitrogens with one attached hydrogen (secondary N) is 2. The normalized spacial score (nSPS) is 19.0. The Morgan fingerprint density at radius 1 is 1.65 bits per heavy atom. The van der Waals surface area contributed by atoms with Crippen molar-refractivity contribution < 1.29 is 9.53 Å². The molecule has 1 atom stereocenters. The lowest BCUT2D eigenvalue weighted by Crippen LogP contribution is -2.38. The molecule has 1 unspecified atom stereocenters. The van der Waals surface area contributed by atoms with Gasteiger partial charge in [-0.25, -0.2) is 9.78 Å². The first-order valence-corrected chi connectivity index (χ1v) is 5.52. The van der Waals surface area contributed by atoms with Gasteiger partial charge >= 0.3 is 6.03 Å². The van der Waals surface area contributed by atoms with Gasteiger partial charge in [0, 0.05) is 6.61 Å². The number of rotatable bonds is 2. The van der Waals surface area contributed by atoms with Crippen LogP contribution in [0.5, 0.6) is 0 Å². The molecule has 0 bridgehead atoms. The Morgan fingerprint density at radius 3 is 3.12 bits per heavy atom. The van der Waals surface area contributed by atoms with E-state index in [2.05, 4.69) is 15.6 Å². The van der Waals surface area contributed by atoms with E-state index in [0.29, 0.717) is 24.7 Å². The molecular formula is C11H16N4O2. The Morgan fingerprint density at radius 2 is 2.47 bits per heavy atom. The summed E-state index contributed by atoms with van der Waals surface area (Å²) in [5.74, 6) is 0.494. The van der Waals surface area contributed by atoms with E-state index in [0.717, 1.165) is 12.0 Å². The van der Waals surface area contributed by atoms with Gasteiger partial charge in [0.1, 0.15) is 5.82 Å². The Hall–Kier alpha value is -1.82. The van der Waals surface area contributed by atoms with Crippen LogP contribution in [0.3, 0.4) is 0 Å². The summed E-state index contributed by atoms with van der Waals surface area (Å²) in [6.07, 6.45) is 2.38. The topological polar surface area (TPSA) is 89.3 Å². The summed E-state index contributed by atoms with van der Waals surface area (Å²) in [5, 5.41) is 5.48. The molecule has 17 heavy (non-hydrogen) atoms. The van der Waals surface area contributed by atoms with Crippen molar-refractivity contribution >= 4 is 17.5 Å². The van der Waals surface area contributed by atoms with Gasteiger partial charge < -0.3 is 15.8 Å². The van der Waals surface area contributed by atoms with E-state index in [1.807, 2.05) is 6.92 Å². The number of amides is 2. The second-order valence-electron chi connectivity index (χ2n) is 4.09. The fraction of sp³-hybridized carbons (Fsp3) is 0.455. The number of hydrogen-bond acceptors (Lipinski definition) is 4. The Bertz CT molecular complexity index is 416. The lowest BCUT2D eigenvalue weighted by Gasteiger charge is -2.11. The summed E-state index contributed by atoms with van der Waals surface area (Å²) in [7, 11) is 0. The minimum absolute atomic E-state index is 0.0879. The lowest BCUT2D eigenvalue weighted by atomic mass is 10.2. The Kier molecular flexibility index (Phi) is 3.43. The Balaban J connectivity index is 1.90.